The van der Waals surface area contributed by atoms with E-state index in [1.165, 1.54) is 12.1 Å². The van der Waals surface area contributed by atoms with Crippen LogP contribution in [0.1, 0.15) is 17.5 Å². The van der Waals surface area contributed by atoms with Crippen LogP contribution in [0.4, 0.5) is 5.69 Å². The highest BCUT2D eigenvalue weighted by molar-refractivity contribution is 5.54. The van der Waals surface area contributed by atoms with Crippen LogP contribution in [0.5, 0.6) is 0 Å². The zero-order valence-electron chi connectivity index (χ0n) is 7.75. The summed E-state index contributed by atoms with van der Waals surface area (Å²) in [4.78, 5) is 2.33. The molecule has 13 heavy (non-hydrogen) atoms. The average molecular weight is 172 g/mol. The fourth-order valence-electron chi connectivity index (χ4n) is 1.54. The van der Waals surface area contributed by atoms with Gasteiger partial charge in [0.25, 0.3) is 0 Å². The number of hydrogen-bond acceptors (Lipinski definition) is 2. The highest BCUT2D eigenvalue weighted by Gasteiger charge is 2.14. The number of benzene rings is 1. The molecule has 0 aliphatic carbocycles. The van der Waals surface area contributed by atoms with Crippen molar-refractivity contribution in [3.05, 3.63) is 29.3 Å². The molecule has 1 saturated heterocycles. The van der Waals surface area contributed by atoms with Crippen LogP contribution in [-0.2, 0) is 0 Å². The zero-order valence-corrected chi connectivity index (χ0v) is 7.75. The first-order chi connectivity index (χ1) is 6.31. The first-order valence-corrected chi connectivity index (χ1v) is 4.57. The van der Waals surface area contributed by atoms with Crippen LogP contribution in [0.2, 0.25) is 0 Å². The molecule has 1 fully saturated rings. The highest BCUT2D eigenvalue weighted by Crippen LogP contribution is 2.22. The number of nitriles is 1. The SMILES string of the molecule is Cc1cc(N2CCC2)ccc1C#N. The van der Waals surface area contributed by atoms with Gasteiger partial charge in [0.15, 0.2) is 0 Å². The predicted octanol–water partition coefficient (Wildman–Crippen LogP) is 2.08. The molecule has 0 spiro atoms. The summed E-state index contributed by atoms with van der Waals surface area (Å²) in [6.07, 6.45) is 1.29. The van der Waals surface area contributed by atoms with Crippen LogP contribution in [-0.4, -0.2) is 13.1 Å². The smallest absolute Gasteiger partial charge is 0.0994 e. The second-order valence-electron chi connectivity index (χ2n) is 3.45. The van der Waals surface area contributed by atoms with Crippen molar-refractivity contribution in [1.82, 2.24) is 0 Å². The van der Waals surface area contributed by atoms with Crippen LogP contribution in [0.15, 0.2) is 18.2 Å². The Balaban J connectivity index is 2.30. The fourth-order valence-corrected chi connectivity index (χ4v) is 1.54. The molecule has 1 aromatic rings. The first kappa shape index (κ1) is 8.12. The van der Waals surface area contributed by atoms with E-state index in [1.54, 1.807) is 0 Å². The average Bonchev–Trinajstić information content (AvgIpc) is 2.01. The summed E-state index contributed by atoms with van der Waals surface area (Å²) in [6.45, 7) is 4.30. The van der Waals surface area contributed by atoms with E-state index in [0.717, 1.165) is 24.2 Å². The second kappa shape index (κ2) is 3.10. The van der Waals surface area contributed by atoms with Gasteiger partial charge < -0.3 is 4.90 Å². The summed E-state index contributed by atoms with van der Waals surface area (Å²) in [7, 11) is 0. The number of aryl methyl sites for hydroxylation is 1. The van der Waals surface area contributed by atoms with Gasteiger partial charge in [-0.25, -0.2) is 0 Å². The van der Waals surface area contributed by atoms with Crippen molar-refractivity contribution in [3.8, 4) is 6.07 Å². The third kappa shape index (κ3) is 1.38. The summed E-state index contributed by atoms with van der Waals surface area (Å²) >= 11 is 0. The van der Waals surface area contributed by atoms with Crippen molar-refractivity contribution >= 4 is 5.69 Å². The van der Waals surface area contributed by atoms with Gasteiger partial charge in [-0.2, -0.15) is 5.26 Å². The maximum atomic E-state index is 8.76. The molecule has 0 bridgehead atoms. The Morgan fingerprint density at radius 2 is 2.15 bits per heavy atom. The molecule has 1 aromatic carbocycles. The van der Waals surface area contributed by atoms with Gasteiger partial charge in [0.1, 0.15) is 0 Å². The largest absolute Gasteiger partial charge is 0.371 e. The van der Waals surface area contributed by atoms with Crippen LogP contribution >= 0.6 is 0 Å². The van der Waals surface area contributed by atoms with Gasteiger partial charge in [-0.3, -0.25) is 0 Å². The van der Waals surface area contributed by atoms with Gasteiger partial charge in [0.2, 0.25) is 0 Å². The molecule has 0 unspecified atom stereocenters. The second-order valence-corrected chi connectivity index (χ2v) is 3.45. The summed E-state index contributed by atoms with van der Waals surface area (Å²) in [5.74, 6) is 0. The summed E-state index contributed by atoms with van der Waals surface area (Å²) in [5.41, 5.74) is 3.11. The minimum atomic E-state index is 0.782. The molecular weight excluding hydrogens is 160 g/mol. The maximum Gasteiger partial charge on any atom is 0.0994 e. The number of anilines is 1. The van der Waals surface area contributed by atoms with Crippen LogP contribution in [0.25, 0.3) is 0 Å². The molecule has 2 nitrogen and oxygen atoms in total. The molecule has 0 aromatic heterocycles. The Kier molecular flexibility index (Phi) is 1.94. The molecule has 0 saturated carbocycles. The van der Waals surface area contributed by atoms with E-state index >= 15 is 0 Å². The maximum absolute atomic E-state index is 8.76. The fraction of sp³-hybridized carbons (Fsp3) is 0.364. The lowest BCUT2D eigenvalue weighted by atomic mass is 10.1. The summed E-state index contributed by atoms with van der Waals surface area (Å²) in [6, 6.07) is 8.21. The molecule has 0 radical (unpaired) electrons. The van der Waals surface area contributed by atoms with Crippen LogP contribution < -0.4 is 4.90 Å². The first-order valence-electron chi connectivity index (χ1n) is 4.57. The molecule has 1 heterocycles. The van der Waals surface area contributed by atoms with Gasteiger partial charge in [-0.05, 0) is 37.1 Å². The van der Waals surface area contributed by atoms with E-state index in [9.17, 15) is 0 Å². The standard InChI is InChI=1S/C11H12N2/c1-9-7-11(13-5-2-6-13)4-3-10(9)8-12/h3-4,7H,2,5-6H2,1H3. The Bertz CT molecular complexity index is 359. The molecule has 1 aliphatic heterocycles. The quantitative estimate of drug-likeness (QED) is 0.648. The van der Waals surface area contributed by atoms with Gasteiger partial charge in [-0.1, -0.05) is 0 Å². The third-order valence-electron chi connectivity index (χ3n) is 2.55. The number of nitrogens with zero attached hydrogens (tertiary/aromatic N) is 2. The van der Waals surface area contributed by atoms with E-state index < -0.39 is 0 Å². The number of hydrogen-bond donors (Lipinski definition) is 0. The van der Waals surface area contributed by atoms with Crippen LogP contribution in [0, 0.1) is 18.3 Å². The molecular formula is C11H12N2. The highest BCUT2D eigenvalue weighted by atomic mass is 15.2. The normalized spacial score (nSPS) is 14.9. The lowest BCUT2D eigenvalue weighted by Crippen LogP contribution is -2.36. The predicted molar refractivity (Wildman–Crippen MR) is 52.7 cm³/mol. The van der Waals surface area contributed by atoms with E-state index in [4.69, 9.17) is 5.26 Å². The molecule has 0 amide bonds. The zero-order chi connectivity index (χ0) is 9.26. The summed E-state index contributed by atoms with van der Waals surface area (Å²) in [5, 5.41) is 8.76. The van der Waals surface area contributed by atoms with E-state index in [-0.39, 0.29) is 0 Å². The lowest BCUT2D eigenvalue weighted by molar-refractivity contribution is 0.617. The number of rotatable bonds is 1. The Hall–Kier alpha value is -1.49. The van der Waals surface area contributed by atoms with E-state index in [2.05, 4.69) is 17.0 Å². The van der Waals surface area contributed by atoms with Crippen LogP contribution in [0.3, 0.4) is 0 Å². The van der Waals surface area contributed by atoms with Crippen molar-refractivity contribution in [2.75, 3.05) is 18.0 Å². The Morgan fingerprint density at radius 3 is 2.62 bits per heavy atom. The molecule has 2 rings (SSSR count). The minimum Gasteiger partial charge on any atom is -0.371 e. The van der Waals surface area contributed by atoms with Gasteiger partial charge in [0, 0.05) is 18.8 Å². The van der Waals surface area contributed by atoms with Crippen molar-refractivity contribution in [3.63, 3.8) is 0 Å². The Morgan fingerprint density at radius 1 is 1.38 bits per heavy atom. The van der Waals surface area contributed by atoms with Gasteiger partial charge >= 0.3 is 0 Å². The van der Waals surface area contributed by atoms with Crippen molar-refractivity contribution in [1.29, 1.82) is 5.26 Å². The van der Waals surface area contributed by atoms with E-state index in [1.807, 2.05) is 19.1 Å². The molecule has 2 heteroatoms. The Labute approximate surface area is 78.4 Å². The van der Waals surface area contributed by atoms with Crippen molar-refractivity contribution < 1.29 is 0 Å². The molecule has 66 valence electrons. The topological polar surface area (TPSA) is 27.0 Å². The summed E-state index contributed by atoms with van der Waals surface area (Å²) < 4.78 is 0. The lowest BCUT2D eigenvalue weighted by Gasteiger charge is -2.33. The molecule has 0 atom stereocenters. The van der Waals surface area contributed by atoms with E-state index in [0.29, 0.717) is 0 Å². The molecule has 0 N–H and O–H groups in total. The third-order valence-corrected chi connectivity index (χ3v) is 2.55. The van der Waals surface area contributed by atoms with Crippen molar-refractivity contribution in [2.24, 2.45) is 0 Å². The van der Waals surface area contributed by atoms with Gasteiger partial charge in [0.05, 0.1) is 11.6 Å². The minimum absolute atomic E-state index is 0.782. The van der Waals surface area contributed by atoms with Gasteiger partial charge in [-0.15, -0.1) is 0 Å². The monoisotopic (exact) mass is 172 g/mol. The van der Waals surface area contributed by atoms with Crippen molar-refractivity contribution in [2.45, 2.75) is 13.3 Å². The molecule has 1 aliphatic rings.